The van der Waals surface area contributed by atoms with Crippen molar-refractivity contribution in [1.82, 2.24) is 5.43 Å². The van der Waals surface area contributed by atoms with Crippen molar-refractivity contribution in [3.8, 4) is 5.75 Å². The lowest BCUT2D eigenvalue weighted by Gasteiger charge is -2.07. The van der Waals surface area contributed by atoms with Crippen LogP contribution >= 0.6 is 11.6 Å². The molecule has 0 radical (unpaired) electrons. The van der Waals surface area contributed by atoms with Crippen molar-refractivity contribution in [2.45, 2.75) is 6.61 Å². The molecule has 3 aromatic carbocycles. The van der Waals surface area contributed by atoms with E-state index in [1.54, 1.807) is 30.3 Å². The Kier molecular flexibility index (Phi) is 6.97. The predicted molar refractivity (Wildman–Crippen MR) is 113 cm³/mol. The van der Waals surface area contributed by atoms with Crippen LogP contribution < -0.4 is 15.5 Å². The monoisotopic (exact) mass is 407 g/mol. The van der Waals surface area contributed by atoms with Crippen LogP contribution in [0.1, 0.15) is 11.1 Å². The number of benzene rings is 3. The van der Waals surface area contributed by atoms with Gasteiger partial charge in [0.1, 0.15) is 12.4 Å². The van der Waals surface area contributed by atoms with Crippen LogP contribution in [0.15, 0.2) is 84.0 Å². The number of hydrogen-bond donors (Lipinski definition) is 2. The molecule has 0 spiro atoms. The van der Waals surface area contributed by atoms with Crippen molar-refractivity contribution in [1.29, 1.82) is 0 Å². The lowest BCUT2D eigenvalue weighted by molar-refractivity contribution is -0.136. The molecular weight excluding hydrogens is 390 g/mol. The third-order valence-electron chi connectivity index (χ3n) is 3.77. The third kappa shape index (κ3) is 6.48. The Morgan fingerprint density at radius 3 is 2.52 bits per heavy atom. The van der Waals surface area contributed by atoms with E-state index < -0.39 is 11.8 Å². The quantitative estimate of drug-likeness (QED) is 0.368. The summed E-state index contributed by atoms with van der Waals surface area (Å²) in [5.74, 6) is -1.06. The molecule has 2 N–H and O–H groups in total. The normalized spacial score (nSPS) is 10.5. The molecule has 0 aromatic heterocycles. The maximum Gasteiger partial charge on any atom is 0.329 e. The second-order valence-electron chi connectivity index (χ2n) is 6.01. The average molecular weight is 408 g/mol. The number of hydrogen-bond acceptors (Lipinski definition) is 4. The van der Waals surface area contributed by atoms with Gasteiger partial charge in [-0.15, -0.1) is 0 Å². The van der Waals surface area contributed by atoms with Crippen molar-refractivity contribution < 1.29 is 14.3 Å². The molecule has 7 heteroatoms. The zero-order chi connectivity index (χ0) is 20.5. The second-order valence-corrected chi connectivity index (χ2v) is 6.45. The summed E-state index contributed by atoms with van der Waals surface area (Å²) in [7, 11) is 0. The molecule has 3 rings (SSSR count). The number of nitrogens with zero attached hydrogens (tertiary/aromatic N) is 1. The van der Waals surface area contributed by atoms with Crippen molar-refractivity contribution in [3.63, 3.8) is 0 Å². The average Bonchev–Trinajstić information content (AvgIpc) is 2.73. The van der Waals surface area contributed by atoms with Crippen LogP contribution in [-0.4, -0.2) is 18.0 Å². The molecule has 0 unspecified atom stereocenters. The molecule has 0 atom stereocenters. The highest BCUT2D eigenvalue weighted by Gasteiger charge is 2.12. The number of ether oxygens (including phenoxy) is 1. The molecule has 0 saturated heterocycles. The maximum atomic E-state index is 11.9. The van der Waals surface area contributed by atoms with Gasteiger partial charge in [0.25, 0.3) is 0 Å². The van der Waals surface area contributed by atoms with Crippen LogP contribution in [0.25, 0.3) is 0 Å². The van der Waals surface area contributed by atoms with E-state index in [4.69, 9.17) is 16.3 Å². The summed E-state index contributed by atoms with van der Waals surface area (Å²) in [5, 5.41) is 6.71. The van der Waals surface area contributed by atoms with Crippen LogP contribution in [0.4, 0.5) is 5.69 Å². The molecule has 0 fully saturated rings. The van der Waals surface area contributed by atoms with Gasteiger partial charge in [-0.05, 0) is 41.5 Å². The largest absolute Gasteiger partial charge is 0.489 e. The van der Waals surface area contributed by atoms with E-state index in [1.807, 2.05) is 42.5 Å². The van der Waals surface area contributed by atoms with Gasteiger partial charge in [0.05, 0.1) is 6.21 Å². The van der Waals surface area contributed by atoms with Crippen LogP contribution in [-0.2, 0) is 16.2 Å². The van der Waals surface area contributed by atoms with Gasteiger partial charge >= 0.3 is 11.8 Å². The molecule has 0 aliphatic rings. The molecule has 6 nitrogen and oxygen atoms in total. The molecule has 29 heavy (non-hydrogen) atoms. The zero-order valence-electron chi connectivity index (χ0n) is 15.3. The Morgan fingerprint density at radius 2 is 1.72 bits per heavy atom. The Bertz CT molecular complexity index is 1020. The molecule has 2 amide bonds. The van der Waals surface area contributed by atoms with E-state index in [0.29, 0.717) is 28.6 Å². The van der Waals surface area contributed by atoms with Crippen molar-refractivity contribution in [2.75, 3.05) is 5.32 Å². The SMILES string of the molecule is O=C(N/N=C\c1cccc(OCc2ccccc2)c1)C(=O)Nc1cccc(Cl)c1. The van der Waals surface area contributed by atoms with Crippen LogP contribution in [0.5, 0.6) is 5.75 Å². The van der Waals surface area contributed by atoms with E-state index in [9.17, 15) is 9.59 Å². The van der Waals surface area contributed by atoms with E-state index in [1.165, 1.54) is 12.3 Å². The molecule has 0 aliphatic carbocycles. The van der Waals surface area contributed by atoms with Crippen LogP contribution in [0, 0.1) is 0 Å². The van der Waals surface area contributed by atoms with Gasteiger partial charge in [0.2, 0.25) is 0 Å². The Balaban J connectivity index is 1.51. The number of halogens is 1. The molecule has 146 valence electrons. The highest BCUT2D eigenvalue weighted by atomic mass is 35.5. The van der Waals surface area contributed by atoms with Gasteiger partial charge in [-0.1, -0.05) is 60.1 Å². The molecule has 0 aliphatic heterocycles. The van der Waals surface area contributed by atoms with E-state index in [-0.39, 0.29) is 0 Å². The Morgan fingerprint density at radius 1 is 0.931 bits per heavy atom. The van der Waals surface area contributed by atoms with Crippen molar-refractivity contribution in [2.24, 2.45) is 5.10 Å². The summed E-state index contributed by atoms with van der Waals surface area (Å²) >= 11 is 5.84. The molecule has 0 heterocycles. The first-order valence-corrected chi connectivity index (χ1v) is 9.15. The summed E-state index contributed by atoms with van der Waals surface area (Å²) in [6.45, 7) is 0.446. The van der Waals surface area contributed by atoms with Gasteiger partial charge < -0.3 is 10.1 Å². The van der Waals surface area contributed by atoms with Gasteiger partial charge in [-0.3, -0.25) is 9.59 Å². The van der Waals surface area contributed by atoms with Gasteiger partial charge in [0.15, 0.2) is 0 Å². The summed E-state index contributed by atoms with van der Waals surface area (Å²) in [5.41, 5.74) is 4.38. The van der Waals surface area contributed by atoms with Crippen LogP contribution in [0.3, 0.4) is 0 Å². The van der Waals surface area contributed by atoms with E-state index >= 15 is 0 Å². The van der Waals surface area contributed by atoms with Crippen LogP contribution in [0.2, 0.25) is 5.02 Å². The van der Waals surface area contributed by atoms with Gasteiger partial charge in [0, 0.05) is 10.7 Å². The Hall–Kier alpha value is -3.64. The summed E-state index contributed by atoms with van der Waals surface area (Å²) in [6.07, 6.45) is 1.43. The lowest BCUT2D eigenvalue weighted by atomic mass is 10.2. The van der Waals surface area contributed by atoms with E-state index in [2.05, 4.69) is 15.8 Å². The minimum atomic E-state index is -0.891. The first-order valence-electron chi connectivity index (χ1n) is 8.77. The summed E-state index contributed by atoms with van der Waals surface area (Å²) in [6, 6.07) is 23.5. The number of carbonyl (C=O) groups is 2. The van der Waals surface area contributed by atoms with Gasteiger partial charge in [-0.25, -0.2) is 5.43 Å². The minimum Gasteiger partial charge on any atom is -0.489 e. The highest BCUT2D eigenvalue weighted by Crippen LogP contribution is 2.15. The molecular formula is C22H18ClN3O3. The summed E-state index contributed by atoms with van der Waals surface area (Å²) in [4.78, 5) is 23.7. The topological polar surface area (TPSA) is 79.8 Å². The fourth-order valence-corrected chi connectivity index (χ4v) is 2.59. The first kappa shape index (κ1) is 20.1. The molecule has 3 aromatic rings. The number of nitrogens with one attached hydrogen (secondary N) is 2. The van der Waals surface area contributed by atoms with E-state index in [0.717, 1.165) is 5.56 Å². The number of amides is 2. The number of anilines is 1. The fraction of sp³-hybridized carbons (Fsp3) is 0.0455. The first-order chi connectivity index (χ1) is 14.1. The number of carbonyl (C=O) groups excluding carboxylic acids is 2. The fourth-order valence-electron chi connectivity index (χ4n) is 2.40. The second kappa shape index (κ2) is 10.1. The standard InChI is InChI=1S/C22H18ClN3O3/c23-18-9-5-10-19(13-18)25-21(27)22(28)26-24-14-17-8-4-11-20(12-17)29-15-16-6-2-1-3-7-16/h1-14H,15H2,(H,25,27)(H,26,28)/b24-14-. The number of rotatable bonds is 6. The Labute approximate surface area is 173 Å². The smallest absolute Gasteiger partial charge is 0.329 e. The van der Waals surface area contributed by atoms with Crippen molar-refractivity contribution >= 4 is 35.3 Å². The molecule has 0 bridgehead atoms. The zero-order valence-corrected chi connectivity index (χ0v) is 16.1. The molecule has 0 saturated carbocycles. The van der Waals surface area contributed by atoms with Gasteiger partial charge in [-0.2, -0.15) is 5.10 Å². The minimum absolute atomic E-state index is 0.421. The third-order valence-corrected chi connectivity index (χ3v) is 4.01. The maximum absolute atomic E-state index is 11.9. The predicted octanol–water partition coefficient (Wildman–Crippen LogP) is 4.01. The number of hydrazone groups is 1. The van der Waals surface area contributed by atoms with Crippen molar-refractivity contribution in [3.05, 3.63) is 95.0 Å². The highest BCUT2D eigenvalue weighted by molar-refractivity contribution is 6.39. The summed E-state index contributed by atoms with van der Waals surface area (Å²) < 4.78 is 5.75. The lowest BCUT2D eigenvalue weighted by Crippen LogP contribution is -2.32.